The summed E-state index contributed by atoms with van der Waals surface area (Å²) in [6.45, 7) is 1.76. The van der Waals surface area contributed by atoms with E-state index in [2.05, 4.69) is 0 Å². The molecule has 2 heterocycles. The molecule has 2 aliphatic rings. The molecule has 0 radical (unpaired) electrons. The van der Waals surface area contributed by atoms with Gasteiger partial charge in [0.05, 0.1) is 37.2 Å². The highest BCUT2D eigenvalue weighted by Gasteiger charge is 2.31. The molecule has 1 aromatic rings. The molecule has 0 aliphatic carbocycles. The fraction of sp³-hybridized carbons (Fsp3) is 0.471. The van der Waals surface area contributed by atoms with Crippen LogP contribution in [0, 0.1) is 0 Å². The summed E-state index contributed by atoms with van der Waals surface area (Å²) in [6.07, 6.45) is -1.78. The minimum Gasteiger partial charge on any atom is -0.501 e. The van der Waals surface area contributed by atoms with E-state index in [0.717, 1.165) is 18.6 Å². The second-order valence-electron chi connectivity index (χ2n) is 5.85. The molecule has 1 atom stereocenters. The Morgan fingerprint density at radius 3 is 2.54 bits per heavy atom. The monoisotopic (exact) mass is 341 g/mol. The molecule has 7 heteroatoms. The predicted octanol–water partition coefficient (Wildman–Crippen LogP) is 3.30. The summed E-state index contributed by atoms with van der Waals surface area (Å²) in [5.41, 5.74) is 0.572. The molecule has 0 saturated carbocycles. The molecular weight excluding hydrogens is 323 g/mol. The molecule has 1 amide bonds. The van der Waals surface area contributed by atoms with Gasteiger partial charge in [0, 0.05) is 6.54 Å². The van der Waals surface area contributed by atoms with E-state index < -0.39 is 17.8 Å². The molecular formula is C17H18F3NO3. The first-order chi connectivity index (χ1) is 11.4. The normalized spacial score (nSPS) is 21.9. The minimum absolute atomic E-state index is 0.0880. The van der Waals surface area contributed by atoms with Gasteiger partial charge in [-0.15, -0.1) is 0 Å². The lowest BCUT2D eigenvalue weighted by atomic mass is 10.0. The van der Waals surface area contributed by atoms with Gasteiger partial charge in [0.1, 0.15) is 6.10 Å². The van der Waals surface area contributed by atoms with Gasteiger partial charge in [-0.2, -0.15) is 13.2 Å². The van der Waals surface area contributed by atoms with Crippen LogP contribution in [0.15, 0.2) is 36.1 Å². The van der Waals surface area contributed by atoms with Gasteiger partial charge in [-0.1, -0.05) is 12.1 Å². The molecule has 0 aromatic heterocycles. The number of hydrogen-bond donors (Lipinski definition) is 0. The lowest BCUT2D eigenvalue weighted by Gasteiger charge is -2.34. The standard InChI is InChI=1S/C17H18F3NO3/c18-17(19,20)14-5-3-12(4-6-14)15-10-21(7-9-24-15)16(22)13-2-1-8-23-11-13/h3-6,11,15H,1-2,7-10H2. The molecule has 130 valence electrons. The van der Waals surface area contributed by atoms with Crippen LogP contribution >= 0.6 is 0 Å². The third kappa shape index (κ3) is 3.72. The molecule has 1 fully saturated rings. The number of ether oxygens (including phenoxy) is 2. The fourth-order valence-electron chi connectivity index (χ4n) is 2.85. The maximum atomic E-state index is 12.6. The van der Waals surface area contributed by atoms with Crippen molar-refractivity contribution >= 4 is 5.91 Å². The Bertz CT molecular complexity index is 625. The summed E-state index contributed by atoms with van der Waals surface area (Å²) in [7, 11) is 0. The number of rotatable bonds is 2. The topological polar surface area (TPSA) is 38.8 Å². The van der Waals surface area contributed by atoms with Gasteiger partial charge < -0.3 is 14.4 Å². The number of nitrogens with zero attached hydrogens (tertiary/aromatic N) is 1. The van der Waals surface area contributed by atoms with Gasteiger partial charge in [0.2, 0.25) is 0 Å². The van der Waals surface area contributed by atoms with Crippen molar-refractivity contribution in [2.45, 2.75) is 25.1 Å². The molecule has 0 spiro atoms. The summed E-state index contributed by atoms with van der Waals surface area (Å²) < 4.78 is 48.7. The number of benzene rings is 1. The smallest absolute Gasteiger partial charge is 0.416 e. The lowest BCUT2D eigenvalue weighted by molar-refractivity contribution is -0.137. The van der Waals surface area contributed by atoms with E-state index in [0.29, 0.717) is 43.9 Å². The van der Waals surface area contributed by atoms with Gasteiger partial charge >= 0.3 is 6.18 Å². The van der Waals surface area contributed by atoms with E-state index in [1.165, 1.54) is 18.4 Å². The van der Waals surface area contributed by atoms with E-state index >= 15 is 0 Å². The first kappa shape index (κ1) is 16.8. The molecule has 0 bridgehead atoms. The molecule has 1 unspecified atom stereocenters. The lowest BCUT2D eigenvalue weighted by Crippen LogP contribution is -2.43. The number of morpholine rings is 1. The third-order valence-electron chi connectivity index (χ3n) is 4.17. The van der Waals surface area contributed by atoms with Gasteiger partial charge in [-0.25, -0.2) is 0 Å². The van der Waals surface area contributed by atoms with Crippen LogP contribution in [0.25, 0.3) is 0 Å². The number of carbonyl (C=O) groups excluding carboxylic acids is 1. The molecule has 4 nitrogen and oxygen atoms in total. The Hall–Kier alpha value is -2.02. The molecule has 24 heavy (non-hydrogen) atoms. The van der Waals surface area contributed by atoms with Crippen molar-refractivity contribution in [3.05, 3.63) is 47.2 Å². The average molecular weight is 341 g/mol. The van der Waals surface area contributed by atoms with Gasteiger partial charge in [-0.3, -0.25) is 4.79 Å². The van der Waals surface area contributed by atoms with Crippen molar-refractivity contribution in [3.63, 3.8) is 0 Å². The highest BCUT2D eigenvalue weighted by atomic mass is 19.4. The number of alkyl halides is 3. The highest BCUT2D eigenvalue weighted by Crippen LogP contribution is 2.31. The maximum Gasteiger partial charge on any atom is 0.416 e. The van der Waals surface area contributed by atoms with E-state index in [-0.39, 0.29) is 5.91 Å². The van der Waals surface area contributed by atoms with Crippen molar-refractivity contribution in [1.82, 2.24) is 4.90 Å². The van der Waals surface area contributed by atoms with Crippen molar-refractivity contribution in [2.24, 2.45) is 0 Å². The Morgan fingerprint density at radius 1 is 1.17 bits per heavy atom. The van der Waals surface area contributed by atoms with Crippen LogP contribution in [-0.4, -0.2) is 37.1 Å². The second kappa shape index (κ2) is 6.84. The van der Waals surface area contributed by atoms with Crippen LogP contribution in [-0.2, 0) is 20.4 Å². The van der Waals surface area contributed by atoms with E-state index in [9.17, 15) is 18.0 Å². The van der Waals surface area contributed by atoms with E-state index in [1.807, 2.05) is 0 Å². The third-order valence-corrected chi connectivity index (χ3v) is 4.17. The summed E-state index contributed by atoms with van der Waals surface area (Å²) in [5.74, 6) is -0.0880. The van der Waals surface area contributed by atoms with Crippen LogP contribution < -0.4 is 0 Å². The molecule has 3 rings (SSSR count). The van der Waals surface area contributed by atoms with Crippen LogP contribution in [0.5, 0.6) is 0 Å². The second-order valence-corrected chi connectivity index (χ2v) is 5.85. The fourth-order valence-corrected chi connectivity index (χ4v) is 2.85. The predicted molar refractivity (Wildman–Crippen MR) is 80.0 cm³/mol. The van der Waals surface area contributed by atoms with Crippen LogP contribution in [0.2, 0.25) is 0 Å². The van der Waals surface area contributed by atoms with Crippen LogP contribution in [0.4, 0.5) is 13.2 Å². The van der Waals surface area contributed by atoms with Gasteiger partial charge in [-0.05, 0) is 30.5 Å². The average Bonchev–Trinajstić information content (AvgIpc) is 2.61. The number of amides is 1. The Balaban J connectivity index is 1.69. The summed E-state index contributed by atoms with van der Waals surface area (Å²) >= 11 is 0. The largest absolute Gasteiger partial charge is 0.501 e. The highest BCUT2D eigenvalue weighted by molar-refractivity contribution is 5.93. The zero-order valence-electron chi connectivity index (χ0n) is 13.0. The number of carbonyl (C=O) groups is 1. The molecule has 1 aromatic carbocycles. The first-order valence-corrected chi connectivity index (χ1v) is 7.84. The van der Waals surface area contributed by atoms with E-state index in [1.54, 1.807) is 4.90 Å². The Kier molecular flexibility index (Phi) is 4.80. The Morgan fingerprint density at radius 2 is 1.92 bits per heavy atom. The zero-order valence-corrected chi connectivity index (χ0v) is 13.0. The number of halogens is 3. The maximum absolute atomic E-state index is 12.6. The first-order valence-electron chi connectivity index (χ1n) is 7.84. The van der Waals surface area contributed by atoms with Crippen molar-refractivity contribution in [1.29, 1.82) is 0 Å². The molecule has 1 saturated heterocycles. The molecule has 2 aliphatic heterocycles. The van der Waals surface area contributed by atoms with Crippen molar-refractivity contribution in [2.75, 3.05) is 26.3 Å². The Labute approximate surface area is 137 Å². The summed E-state index contributed by atoms with van der Waals surface area (Å²) in [6, 6.07) is 4.89. The summed E-state index contributed by atoms with van der Waals surface area (Å²) in [4.78, 5) is 14.2. The SMILES string of the molecule is O=C(C1=COCCC1)N1CCOC(c2ccc(C(F)(F)F)cc2)C1. The van der Waals surface area contributed by atoms with Crippen LogP contribution in [0.1, 0.15) is 30.1 Å². The quantitative estimate of drug-likeness (QED) is 0.828. The number of hydrogen-bond acceptors (Lipinski definition) is 3. The minimum atomic E-state index is -4.36. The van der Waals surface area contributed by atoms with Crippen molar-refractivity contribution < 1.29 is 27.4 Å². The van der Waals surface area contributed by atoms with E-state index in [4.69, 9.17) is 9.47 Å². The van der Waals surface area contributed by atoms with Gasteiger partial charge in [0.25, 0.3) is 5.91 Å². The van der Waals surface area contributed by atoms with Crippen LogP contribution in [0.3, 0.4) is 0 Å². The summed E-state index contributed by atoms with van der Waals surface area (Å²) in [5, 5.41) is 0. The molecule has 0 N–H and O–H groups in total. The van der Waals surface area contributed by atoms with Crippen molar-refractivity contribution in [3.8, 4) is 0 Å². The van der Waals surface area contributed by atoms with Gasteiger partial charge in [0.15, 0.2) is 0 Å². The zero-order chi connectivity index (χ0) is 17.2.